The van der Waals surface area contributed by atoms with Crippen molar-refractivity contribution in [3.8, 4) is 0 Å². The molecule has 0 bridgehead atoms. The lowest BCUT2D eigenvalue weighted by atomic mass is 9.76. The zero-order chi connectivity index (χ0) is 12.5. The van der Waals surface area contributed by atoms with E-state index in [9.17, 15) is 0 Å². The summed E-state index contributed by atoms with van der Waals surface area (Å²) in [7, 11) is 0. The predicted octanol–water partition coefficient (Wildman–Crippen LogP) is 5.28. The Morgan fingerprint density at radius 2 is 1.69 bits per heavy atom. The molecule has 0 aliphatic heterocycles. The maximum Gasteiger partial charge on any atom is -0.0162 e. The van der Waals surface area contributed by atoms with Gasteiger partial charge in [0.25, 0.3) is 0 Å². The van der Waals surface area contributed by atoms with Crippen LogP contribution in [0.5, 0.6) is 0 Å². The van der Waals surface area contributed by atoms with E-state index >= 15 is 0 Å². The van der Waals surface area contributed by atoms with Crippen molar-refractivity contribution in [1.29, 1.82) is 0 Å². The van der Waals surface area contributed by atoms with Gasteiger partial charge in [0.1, 0.15) is 0 Å². The summed E-state index contributed by atoms with van der Waals surface area (Å²) in [5.41, 5.74) is 7.57. The monoisotopic (exact) mass is 218 g/mol. The molecule has 0 heteroatoms. The molecule has 2 unspecified atom stereocenters. The lowest BCUT2D eigenvalue weighted by Crippen LogP contribution is -2.16. The summed E-state index contributed by atoms with van der Waals surface area (Å²) in [6.45, 7) is 16.0. The van der Waals surface area contributed by atoms with E-state index in [0.717, 1.165) is 6.42 Å². The molecule has 0 nitrogen and oxygen atoms in total. The average molecular weight is 218 g/mol. The van der Waals surface area contributed by atoms with Gasteiger partial charge in [-0.25, -0.2) is 0 Å². The highest BCUT2D eigenvalue weighted by molar-refractivity contribution is 5.48. The fourth-order valence-corrected chi connectivity index (χ4v) is 2.39. The molecule has 0 aromatic carbocycles. The normalized spacial score (nSPS) is 27.8. The molecule has 0 saturated carbocycles. The van der Waals surface area contributed by atoms with Crippen LogP contribution < -0.4 is 0 Å². The smallest absolute Gasteiger partial charge is 0.0162 e. The molecule has 0 aromatic heterocycles. The Hall–Kier alpha value is -0.780. The van der Waals surface area contributed by atoms with Gasteiger partial charge in [0, 0.05) is 0 Å². The van der Waals surface area contributed by atoms with E-state index < -0.39 is 0 Å². The molecule has 90 valence electrons. The van der Waals surface area contributed by atoms with Crippen LogP contribution in [0, 0.1) is 11.8 Å². The van der Waals surface area contributed by atoms with E-state index in [2.05, 4.69) is 54.5 Å². The second-order valence-corrected chi connectivity index (χ2v) is 5.32. The van der Waals surface area contributed by atoms with E-state index in [1.54, 1.807) is 5.57 Å². The second kappa shape index (κ2) is 5.03. The molecule has 0 heterocycles. The van der Waals surface area contributed by atoms with Crippen molar-refractivity contribution < 1.29 is 0 Å². The zero-order valence-electron chi connectivity index (χ0n) is 11.9. The molecular formula is C16H26. The number of hydrogen-bond acceptors (Lipinski definition) is 0. The molecule has 0 saturated heterocycles. The molecule has 0 N–H and O–H groups in total. The third kappa shape index (κ3) is 2.31. The number of rotatable bonds is 2. The molecular weight excluding hydrogens is 192 g/mol. The van der Waals surface area contributed by atoms with E-state index in [1.807, 2.05) is 0 Å². The third-order valence-corrected chi connectivity index (χ3v) is 4.52. The van der Waals surface area contributed by atoms with Crippen molar-refractivity contribution in [1.82, 2.24) is 0 Å². The van der Waals surface area contributed by atoms with Crippen LogP contribution in [-0.4, -0.2) is 0 Å². The van der Waals surface area contributed by atoms with Crippen LogP contribution in [-0.2, 0) is 0 Å². The predicted molar refractivity (Wildman–Crippen MR) is 73.5 cm³/mol. The van der Waals surface area contributed by atoms with Crippen molar-refractivity contribution in [3.05, 3.63) is 33.9 Å². The summed E-state index contributed by atoms with van der Waals surface area (Å²) in [4.78, 5) is 0. The summed E-state index contributed by atoms with van der Waals surface area (Å²) < 4.78 is 0. The minimum Gasteiger partial charge on any atom is -0.0701 e. The van der Waals surface area contributed by atoms with E-state index in [1.165, 1.54) is 22.3 Å². The van der Waals surface area contributed by atoms with Crippen molar-refractivity contribution in [2.75, 3.05) is 0 Å². The second-order valence-electron chi connectivity index (χ2n) is 5.32. The van der Waals surface area contributed by atoms with Crippen molar-refractivity contribution in [3.63, 3.8) is 0 Å². The van der Waals surface area contributed by atoms with Crippen LogP contribution in [0.25, 0.3) is 0 Å². The van der Waals surface area contributed by atoms with Gasteiger partial charge in [-0.1, -0.05) is 43.6 Å². The van der Waals surface area contributed by atoms with Crippen LogP contribution in [0.1, 0.15) is 54.9 Å². The first-order valence-electron chi connectivity index (χ1n) is 6.45. The molecule has 1 aliphatic rings. The SMILES string of the molecule is CCC(C)=C(C)C1=C(C)C(C)C(C)C(C)=C1. The van der Waals surface area contributed by atoms with Gasteiger partial charge in [-0.15, -0.1) is 0 Å². The molecule has 1 rings (SSSR count). The summed E-state index contributed by atoms with van der Waals surface area (Å²) in [6, 6.07) is 0. The molecule has 0 spiro atoms. The van der Waals surface area contributed by atoms with Crippen molar-refractivity contribution in [2.24, 2.45) is 11.8 Å². The Kier molecular flexibility index (Phi) is 4.18. The van der Waals surface area contributed by atoms with Gasteiger partial charge in [-0.2, -0.15) is 0 Å². The quantitative estimate of drug-likeness (QED) is 0.591. The van der Waals surface area contributed by atoms with Crippen LogP contribution in [0.3, 0.4) is 0 Å². The van der Waals surface area contributed by atoms with Crippen LogP contribution in [0.15, 0.2) is 33.9 Å². The van der Waals surface area contributed by atoms with Gasteiger partial charge in [-0.3, -0.25) is 0 Å². The highest BCUT2D eigenvalue weighted by Crippen LogP contribution is 2.37. The van der Waals surface area contributed by atoms with Gasteiger partial charge >= 0.3 is 0 Å². The van der Waals surface area contributed by atoms with Crippen molar-refractivity contribution >= 4 is 0 Å². The Labute approximate surface area is 101 Å². The Morgan fingerprint density at radius 1 is 1.12 bits per heavy atom. The highest BCUT2D eigenvalue weighted by atomic mass is 14.3. The molecule has 0 amide bonds. The standard InChI is InChI=1S/C16H26/c1-8-10(2)13(5)16-9-11(3)12(4)14(6)15(16)7/h9,12,14H,8H2,1-7H3. The fraction of sp³-hybridized carbons (Fsp3) is 0.625. The summed E-state index contributed by atoms with van der Waals surface area (Å²) >= 11 is 0. The van der Waals surface area contributed by atoms with E-state index in [4.69, 9.17) is 0 Å². The van der Waals surface area contributed by atoms with E-state index in [-0.39, 0.29) is 0 Å². The highest BCUT2D eigenvalue weighted by Gasteiger charge is 2.23. The fourth-order valence-electron chi connectivity index (χ4n) is 2.39. The minimum atomic E-state index is 0.680. The van der Waals surface area contributed by atoms with Gasteiger partial charge in [-0.05, 0) is 57.1 Å². The first-order chi connectivity index (χ1) is 7.40. The summed E-state index contributed by atoms with van der Waals surface area (Å²) in [6.07, 6.45) is 3.55. The first kappa shape index (κ1) is 13.3. The van der Waals surface area contributed by atoms with Crippen LogP contribution in [0.4, 0.5) is 0 Å². The molecule has 16 heavy (non-hydrogen) atoms. The maximum atomic E-state index is 2.40. The average Bonchev–Trinajstić information content (AvgIpc) is 2.29. The lowest BCUT2D eigenvalue weighted by Gasteiger charge is -2.29. The minimum absolute atomic E-state index is 0.680. The molecule has 1 aliphatic carbocycles. The Morgan fingerprint density at radius 3 is 2.19 bits per heavy atom. The number of hydrogen-bond donors (Lipinski definition) is 0. The number of allylic oxidation sites excluding steroid dienone is 6. The Bertz CT molecular complexity index is 363. The molecule has 0 fully saturated rings. The van der Waals surface area contributed by atoms with Crippen molar-refractivity contribution in [2.45, 2.75) is 54.9 Å². The Balaban J connectivity index is 3.24. The maximum absolute atomic E-state index is 2.40. The van der Waals surface area contributed by atoms with Gasteiger partial charge in [0.05, 0.1) is 0 Å². The third-order valence-electron chi connectivity index (χ3n) is 4.52. The molecule has 2 atom stereocenters. The van der Waals surface area contributed by atoms with Gasteiger partial charge in [0.15, 0.2) is 0 Å². The summed E-state index contributed by atoms with van der Waals surface area (Å²) in [5, 5.41) is 0. The van der Waals surface area contributed by atoms with Gasteiger partial charge in [0.2, 0.25) is 0 Å². The largest absolute Gasteiger partial charge is 0.0701 e. The van der Waals surface area contributed by atoms with Crippen LogP contribution in [0.2, 0.25) is 0 Å². The first-order valence-corrected chi connectivity index (χ1v) is 6.45. The van der Waals surface area contributed by atoms with E-state index in [0.29, 0.717) is 11.8 Å². The van der Waals surface area contributed by atoms with Gasteiger partial charge < -0.3 is 0 Å². The molecule has 0 radical (unpaired) electrons. The summed E-state index contributed by atoms with van der Waals surface area (Å²) in [5.74, 6) is 1.37. The van der Waals surface area contributed by atoms with Crippen LogP contribution >= 0.6 is 0 Å². The molecule has 0 aromatic rings. The topological polar surface area (TPSA) is 0 Å². The lowest BCUT2D eigenvalue weighted by molar-refractivity contribution is 0.492. The zero-order valence-corrected chi connectivity index (χ0v) is 11.9.